The van der Waals surface area contributed by atoms with Gasteiger partial charge in [-0.2, -0.15) is 0 Å². The lowest BCUT2D eigenvalue weighted by molar-refractivity contribution is -0.136. The first kappa shape index (κ1) is 17.9. The Morgan fingerprint density at radius 2 is 1.22 bits per heavy atom. The van der Waals surface area contributed by atoms with E-state index in [1.807, 2.05) is 0 Å². The summed E-state index contributed by atoms with van der Waals surface area (Å²) in [5, 5.41) is 8.97. The highest BCUT2D eigenvalue weighted by Crippen LogP contribution is 2.61. The van der Waals surface area contributed by atoms with Gasteiger partial charge >= 0.3 is 5.97 Å². The zero-order valence-electron chi connectivity index (χ0n) is 12.6. The average molecular weight is 275 g/mol. The van der Waals surface area contributed by atoms with Crippen molar-refractivity contribution in [3.8, 4) is 0 Å². The minimum atomic E-state index is -0.980. The van der Waals surface area contributed by atoms with E-state index in [-0.39, 0.29) is 0 Å². The fourth-order valence-electron chi connectivity index (χ4n) is 2.48. The molecule has 0 atom stereocenters. The summed E-state index contributed by atoms with van der Waals surface area (Å²) in [4.78, 5) is 10.9. The molecule has 18 heavy (non-hydrogen) atoms. The molecule has 0 spiro atoms. The van der Waals surface area contributed by atoms with E-state index in [9.17, 15) is 4.79 Å². The zero-order chi connectivity index (χ0) is 13.9. The molecule has 0 aliphatic heterocycles. The predicted octanol–water partition coefficient (Wildman–Crippen LogP) is 4.88. The van der Waals surface area contributed by atoms with Crippen molar-refractivity contribution >= 4 is 13.2 Å². The number of carboxylic acids is 1. The van der Waals surface area contributed by atoms with Gasteiger partial charge in [-0.15, -0.1) is 0 Å². The van der Waals surface area contributed by atoms with E-state index < -0.39 is 13.2 Å². The maximum atomic E-state index is 10.9. The average Bonchev–Trinajstić information content (AvgIpc) is 2.37. The molecule has 0 aromatic heterocycles. The minimum Gasteiger partial charge on any atom is -0.481 e. The molecule has 0 aromatic rings. The molecular weight excluding hydrogens is 243 g/mol. The van der Waals surface area contributed by atoms with Gasteiger partial charge < -0.3 is 5.11 Å². The quantitative estimate of drug-likeness (QED) is 0.515. The number of aliphatic carboxylic acids is 1. The maximum absolute atomic E-state index is 10.9. The van der Waals surface area contributed by atoms with E-state index in [0.717, 1.165) is 6.16 Å². The standard InChI is InChI=1S/C15H31O2P/c1-4-7-11-18(12-8-5-2,13-9-6-3)14-10-15(16)17/h4-14H2,1-3H3/p+1. The van der Waals surface area contributed by atoms with E-state index in [1.165, 1.54) is 57.0 Å². The Morgan fingerprint density at radius 3 is 1.50 bits per heavy atom. The topological polar surface area (TPSA) is 37.3 Å². The van der Waals surface area contributed by atoms with Crippen molar-refractivity contribution in [2.45, 2.75) is 65.7 Å². The summed E-state index contributed by atoms with van der Waals surface area (Å²) < 4.78 is 0. The van der Waals surface area contributed by atoms with E-state index in [0.29, 0.717) is 6.42 Å². The third-order valence-electron chi connectivity index (χ3n) is 3.76. The summed E-state index contributed by atoms with van der Waals surface area (Å²) in [6.07, 6.45) is 13.0. The second kappa shape index (κ2) is 10.8. The maximum Gasteiger partial charge on any atom is 0.307 e. The minimum absolute atomic E-state index is 0.394. The van der Waals surface area contributed by atoms with Gasteiger partial charge in [-0.25, -0.2) is 0 Å². The van der Waals surface area contributed by atoms with Gasteiger partial charge in [-0.1, -0.05) is 40.0 Å². The van der Waals surface area contributed by atoms with Crippen LogP contribution < -0.4 is 0 Å². The van der Waals surface area contributed by atoms with Crippen molar-refractivity contribution < 1.29 is 9.90 Å². The summed E-state index contributed by atoms with van der Waals surface area (Å²) in [7, 11) is -0.980. The number of hydrogen-bond donors (Lipinski definition) is 1. The van der Waals surface area contributed by atoms with Crippen LogP contribution in [0.4, 0.5) is 0 Å². The lowest BCUT2D eigenvalue weighted by Crippen LogP contribution is -2.15. The molecular formula is C15H32O2P+. The van der Waals surface area contributed by atoms with Crippen LogP contribution in [0, 0.1) is 0 Å². The Kier molecular flexibility index (Phi) is 10.7. The summed E-state index contributed by atoms with van der Waals surface area (Å²) in [5.41, 5.74) is 0. The molecule has 1 N–H and O–H groups in total. The van der Waals surface area contributed by atoms with E-state index in [2.05, 4.69) is 20.8 Å². The smallest absolute Gasteiger partial charge is 0.307 e. The van der Waals surface area contributed by atoms with Gasteiger partial charge in [-0.05, 0) is 19.3 Å². The molecule has 0 unspecified atom stereocenters. The first-order valence-electron chi connectivity index (χ1n) is 7.67. The highest BCUT2D eigenvalue weighted by molar-refractivity contribution is 7.75. The molecule has 0 rings (SSSR count). The van der Waals surface area contributed by atoms with Crippen LogP contribution in [0.15, 0.2) is 0 Å². The van der Waals surface area contributed by atoms with Crippen LogP contribution in [0.2, 0.25) is 0 Å². The van der Waals surface area contributed by atoms with Gasteiger partial charge in [0, 0.05) is 7.26 Å². The van der Waals surface area contributed by atoms with E-state index in [1.54, 1.807) is 0 Å². The normalized spacial score (nSPS) is 11.7. The third kappa shape index (κ3) is 8.08. The lowest BCUT2D eigenvalue weighted by atomic mass is 10.4. The predicted molar refractivity (Wildman–Crippen MR) is 83.4 cm³/mol. The molecule has 3 heteroatoms. The second-order valence-electron chi connectivity index (χ2n) is 5.44. The Labute approximate surface area is 114 Å². The summed E-state index contributed by atoms with van der Waals surface area (Å²) in [6.45, 7) is 6.72. The Morgan fingerprint density at radius 1 is 0.833 bits per heavy atom. The molecule has 0 heterocycles. The fraction of sp³-hybridized carbons (Fsp3) is 0.933. The van der Waals surface area contributed by atoms with Gasteiger partial charge in [0.2, 0.25) is 0 Å². The molecule has 0 aromatic carbocycles. The number of carbonyl (C=O) groups is 1. The van der Waals surface area contributed by atoms with Crippen LogP contribution in [-0.4, -0.2) is 35.7 Å². The zero-order valence-corrected chi connectivity index (χ0v) is 13.5. The third-order valence-corrected chi connectivity index (χ3v) is 8.73. The molecule has 0 fully saturated rings. The molecule has 0 amide bonds. The van der Waals surface area contributed by atoms with Crippen LogP contribution in [0.25, 0.3) is 0 Å². The highest BCUT2D eigenvalue weighted by Gasteiger charge is 2.35. The molecule has 2 nitrogen and oxygen atoms in total. The highest BCUT2D eigenvalue weighted by atomic mass is 31.2. The number of rotatable bonds is 12. The number of carboxylic acid groups (broad SMARTS) is 1. The van der Waals surface area contributed by atoms with Crippen molar-refractivity contribution in [1.29, 1.82) is 0 Å². The number of hydrogen-bond acceptors (Lipinski definition) is 1. The van der Waals surface area contributed by atoms with Crippen LogP contribution in [-0.2, 0) is 4.79 Å². The van der Waals surface area contributed by atoms with E-state index in [4.69, 9.17) is 5.11 Å². The Balaban J connectivity index is 4.55. The molecule has 0 aliphatic rings. The van der Waals surface area contributed by atoms with Crippen LogP contribution in [0.3, 0.4) is 0 Å². The second-order valence-corrected chi connectivity index (χ2v) is 9.91. The molecule has 0 radical (unpaired) electrons. The SMILES string of the molecule is CCCC[P+](CCCC)(CCCC)CCC(=O)O. The first-order chi connectivity index (χ1) is 8.60. The van der Waals surface area contributed by atoms with Gasteiger partial charge in [0.05, 0.1) is 31.1 Å². The molecule has 0 aliphatic carbocycles. The van der Waals surface area contributed by atoms with Gasteiger partial charge in [0.1, 0.15) is 0 Å². The fourth-order valence-corrected chi connectivity index (χ4v) is 7.45. The Bertz CT molecular complexity index is 195. The van der Waals surface area contributed by atoms with Gasteiger partial charge in [0.25, 0.3) is 0 Å². The molecule has 0 saturated heterocycles. The lowest BCUT2D eigenvalue weighted by Gasteiger charge is -2.27. The molecule has 0 saturated carbocycles. The largest absolute Gasteiger partial charge is 0.481 e. The van der Waals surface area contributed by atoms with Crippen LogP contribution >= 0.6 is 7.26 Å². The van der Waals surface area contributed by atoms with Gasteiger partial charge in [-0.3, -0.25) is 4.79 Å². The van der Waals surface area contributed by atoms with Crippen molar-refractivity contribution in [3.05, 3.63) is 0 Å². The van der Waals surface area contributed by atoms with Crippen LogP contribution in [0.1, 0.15) is 65.7 Å². The number of unbranched alkanes of at least 4 members (excludes halogenated alkanes) is 3. The van der Waals surface area contributed by atoms with E-state index >= 15 is 0 Å². The summed E-state index contributed by atoms with van der Waals surface area (Å²) in [6, 6.07) is 0. The first-order valence-corrected chi connectivity index (χ1v) is 10.2. The van der Waals surface area contributed by atoms with Crippen molar-refractivity contribution in [2.75, 3.05) is 24.6 Å². The van der Waals surface area contributed by atoms with Crippen LogP contribution in [0.5, 0.6) is 0 Å². The summed E-state index contributed by atoms with van der Waals surface area (Å²) in [5.74, 6) is -0.608. The monoisotopic (exact) mass is 275 g/mol. The summed E-state index contributed by atoms with van der Waals surface area (Å²) >= 11 is 0. The van der Waals surface area contributed by atoms with Crippen molar-refractivity contribution in [2.24, 2.45) is 0 Å². The molecule has 0 bridgehead atoms. The Hall–Kier alpha value is -0.100. The van der Waals surface area contributed by atoms with Crippen molar-refractivity contribution in [1.82, 2.24) is 0 Å². The molecule has 108 valence electrons. The van der Waals surface area contributed by atoms with Gasteiger partial charge in [0.15, 0.2) is 0 Å². The van der Waals surface area contributed by atoms with Crippen molar-refractivity contribution in [3.63, 3.8) is 0 Å².